The van der Waals surface area contributed by atoms with E-state index in [9.17, 15) is 18.8 Å². The molecule has 0 unspecified atom stereocenters. The molecular formula is C25H24F2N4O2. The highest BCUT2D eigenvalue weighted by atomic mass is 19.2. The summed E-state index contributed by atoms with van der Waals surface area (Å²) in [6.07, 6.45) is 8.11. The molecule has 6 nitrogen and oxygen atoms in total. The van der Waals surface area contributed by atoms with E-state index >= 15 is 0 Å². The van der Waals surface area contributed by atoms with Gasteiger partial charge in [-0.25, -0.2) is 13.8 Å². The van der Waals surface area contributed by atoms with E-state index in [1.54, 1.807) is 18.3 Å². The molecule has 3 aromatic rings. The van der Waals surface area contributed by atoms with Crippen molar-refractivity contribution < 1.29 is 18.8 Å². The first-order chi connectivity index (χ1) is 15.8. The summed E-state index contributed by atoms with van der Waals surface area (Å²) in [5, 5.41) is 13.7. The number of hydroxylamine groups is 2. The van der Waals surface area contributed by atoms with Gasteiger partial charge >= 0.3 is 0 Å². The summed E-state index contributed by atoms with van der Waals surface area (Å²) in [6, 6.07) is 9.19. The van der Waals surface area contributed by atoms with E-state index in [2.05, 4.69) is 10.3 Å². The number of nitrogens with one attached hydrogen (secondary N) is 1. The summed E-state index contributed by atoms with van der Waals surface area (Å²) in [5.41, 5.74) is 3.97. The van der Waals surface area contributed by atoms with E-state index < -0.39 is 11.6 Å². The molecule has 2 aromatic heterocycles. The SMILES string of the molecule is CC(C)c1c(C(=O)NCc2ccc(F)c(F)c2)c2c(n1Cc1ccccn1)C=CN(O)C=C2. The summed E-state index contributed by atoms with van der Waals surface area (Å²) in [7, 11) is 0. The van der Waals surface area contributed by atoms with Gasteiger partial charge < -0.3 is 9.88 Å². The van der Waals surface area contributed by atoms with Crippen LogP contribution in [-0.4, -0.2) is 25.7 Å². The van der Waals surface area contributed by atoms with Gasteiger partial charge in [0.25, 0.3) is 5.91 Å². The van der Waals surface area contributed by atoms with E-state index in [-0.39, 0.29) is 18.4 Å². The fraction of sp³-hybridized carbons (Fsp3) is 0.200. The minimum atomic E-state index is -0.962. The number of amides is 1. The van der Waals surface area contributed by atoms with Crippen molar-refractivity contribution in [2.45, 2.75) is 32.9 Å². The molecule has 0 fully saturated rings. The van der Waals surface area contributed by atoms with Gasteiger partial charge in [0.2, 0.25) is 0 Å². The van der Waals surface area contributed by atoms with Gasteiger partial charge in [-0.15, -0.1) is 0 Å². The average molecular weight is 450 g/mol. The highest BCUT2D eigenvalue weighted by molar-refractivity contribution is 6.01. The molecule has 1 aromatic carbocycles. The fourth-order valence-electron chi connectivity index (χ4n) is 3.96. The third kappa shape index (κ3) is 4.70. The largest absolute Gasteiger partial charge is 0.348 e. The molecule has 3 heterocycles. The van der Waals surface area contributed by atoms with Crippen LogP contribution in [0, 0.1) is 11.6 Å². The standard InChI is InChI=1S/C25H24F2N4O2/c1-16(2)24-23(25(32)29-14-17-6-7-20(26)21(27)13-17)19-8-11-30(33)12-9-22(19)31(24)15-18-5-3-4-10-28-18/h3-13,16,33H,14-15H2,1-2H3,(H,29,32). The Bertz CT molecular complexity index is 1230. The van der Waals surface area contributed by atoms with E-state index in [1.807, 2.05) is 36.6 Å². The van der Waals surface area contributed by atoms with Crippen molar-refractivity contribution in [3.63, 3.8) is 0 Å². The highest BCUT2D eigenvalue weighted by Crippen LogP contribution is 2.33. The third-order valence-electron chi connectivity index (χ3n) is 5.42. The molecule has 0 radical (unpaired) electrons. The first kappa shape index (κ1) is 22.4. The lowest BCUT2D eigenvalue weighted by molar-refractivity contribution is 0.0137. The molecule has 0 bridgehead atoms. The van der Waals surface area contributed by atoms with Crippen molar-refractivity contribution in [3.8, 4) is 0 Å². The van der Waals surface area contributed by atoms with Gasteiger partial charge in [-0.05, 0) is 47.9 Å². The Morgan fingerprint density at radius 3 is 2.61 bits per heavy atom. The number of fused-ring (bicyclic) bond motifs is 1. The Morgan fingerprint density at radius 1 is 1.12 bits per heavy atom. The van der Waals surface area contributed by atoms with E-state index in [0.717, 1.165) is 34.3 Å². The molecule has 2 N–H and O–H groups in total. The van der Waals surface area contributed by atoms with E-state index in [4.69, 9.17) is 0 Å². The molecule has 1 aliphatic heterocycles. The Labute approximate surface area is 190 Å². The van der Waals surface area contributed by atoms with Crippen LogP contribution in [0.15, 0.2) is 55.0 Å². The molecule has 0 atom stereocenters. The predicted molar refractivity (Wildman–Crippen MR) is 121 cm³/mol. The number of rotatable bonds is 6. The Kier molecular flexibility index (Phi) is 6.37. The van der Waals surface area contributed by atoms with Gasteiger partial charge in [-0.3, -0.25) is 15.0 Å². The van der Waals surface area contributed by atoms with Crippen LogP contribution < -0.4 is 5.32 Å². The number of benzene rings is 1. The van der Waals surface area contributed by atoms with Crippen LogP contribution in [0.2, 0.25) is 0 Å². The lowest BCUT2D eigenvalue weighted by atomic mass is 10.0. The number of carbonyl (C=O) groups is 1. The smallest absolute Gasteiger partial charge is 0.254 e. The van der Waals surface area contributed by atoms with Crippen LogP contribution in [0.25, 0.3) is 12.2 Å². The molecule has 4 rings (SSSR count). The Hall–Kier alpha value is -3.78. The van der Waals surface area contributed by atoms with Gasteiger partial charge in [0.05, 0.1) is 23.5 Å². The van der Waals surface area contributed by atoms with Crippen LogP contribution >= 0.6 is 0 Å². The van der Waals surface area contributed by atoms with E-state index in [1.165, 1.54) is 18.5 Å². The average Bonchev–Trinajstić information content (AvgIpc) is 2.97. The van der Waals surface area contributed by atoms with Gasteiger partial charge in [-0.2, -0.15) is 0 Å². The third-order valence-corrected chi connectivity index (χ3v) is 5.42. The summed E-state index contributed by atoms with van der Waals surface area (Å²) in [5.74, 6) is -2.24. The number of nitrogens with zero attached hydrogens (tertiary/aromatic N) is 3. The lowest BCUT2D eigenvalue weighted by Gasteiger charge is -2.16. The van der Waals surface area contributed by atoms with Crippen molar-refractivity contribution in [2.24, 2.45) is 0 Å². The fourth-order valence-corrected chi connectivity index (χ4v) is 3.96. The van der Waals surface area contributed by atoms with Crippen molar-refractivity contribution in [1.29, 1.82) is 0 Å². The second-order valence-electron chi connectivity index (χ2n) is 8.06. The zero-order chi connectivity index (χ0) is 23.5. The second kappa shape index (κ2) is 9.38. The summed E-state index contributed by atoms with van der Waals surface area (Å²) >= 11 is 0. The van der Waals surface area contributed by atoms with Crippen molar-refractivity contribution in [2.75, 3.05) is 0 Å². The van der Waals surface area contributed by atoms with Crippen LogP contribution in [0.1, 0.15) is 58.3 Å². The first-order valence-corrected chi connectivity index (χ1v) is 10.6. The first-order valence-electron chi connectivity index (χ1n) is 10.6. The molecule has 0 spiro atoms. The second-order valence-corrected chi connectivity index (χ2v) is 8.06. The number of carbonyl (C=O) groups excluding carboxylic acids is 1. The van der Waals surface area contributed by atoms with Crippen LogP contribution in [0.5, 0.6) is 0 Å². The molecule has 33 heavy (non-hydrogen) atoms. The lowest BCUT2D eigenvalue weighted by Crippen LogP contribution is -2.25. The van der Waals surface area contributed by atoms with Gasteiger partial charge in [0.1, 0.15) is 0 Å². The predicted octanol–water partition coefficient (Wildman–Crippen LogP) is 4.91. The van der Waals surface area contributed by atoms with E-state index in [0.29, 0.717) is 23.2 Å². The zero-order valence-electron chi connectivity index (χ0n) is 18.3. The minimum Gasteiger partial charge on any atom is -0.348 e. The summed E-state index contributed by atoms with van der Waals surface area (Å²) in [6.45, 7) is 4.49. The van der Waals surface area contributed by atoms with Crippen molar-refractivity contribution in [1.82, 2.24) is 19.9 Å². The van der Waals surface area contributed by atoms with Crippen LogP contribution in [0.3, 0.4) is 0 Å². The summed E-state index contributed by atoms with van der Waals surface area (Å²) in [4.78, 5) is 17.8. The number of aromatic nitrogens is 2. The van der Waals surface area contributed by atoms with Crippen molar-refractivity contribution in [3.05, 3.63) is 100 Å². The minimum absolute atomic E-state index is 0.00307. The summed E-state index contributed by atoms with van der Waals surface area (Å²) < 4.78 is 28.8. The molecule has 1 aliphatic rings. The molecule has 170 valence electrons. The molecule has 0 saturated carbocycles. The quantitative estimate of drug-likeness (QED) is 0.560. The maximum Gasteiger partial charge on any atom is 0.254 e. The number of pyridine rings is 1. The maximum absolute atomic E-state index is 13.6. The van der Waals surface area contributed by atoms with Crippen molar-refractivity contribution >= 4 is 18.1 Å². The maximum atomic E-state index is 13.6. The van der Waals surface area contributed by atoms with Crippen LogP contribution in [-0.2, 0) is 13.1 Å². The number of hydrogen-bond donors (Lipinski definition) is 2. The molecule has 1 amide bonds. The molecule has 8 heteroatoms. The normalized spacial score (nSPS) is 12.7. The Morgan fingerprint density at radius 2 is 1.91 bits per heavy atom. The molecule has 0 aliphatic carbocycles. The monoisotopic (exact) mass is 450 g/mol. The number of halogens is 2. The topological polar surface area (TPSA) is 70.4 Å². The Balaban J connectivity index is 1.76. The molecule has 0 saturated heterocycles. The highest BCUT2D eigenvalue weighted by Gasteiger charge is 2.27. The van der Waals surface area contributed by atoms with Gasteiger partial charge in [-0.1, -0.05) is 26.0 Å². The molecular weight excluding hydrogens is 426 g/mol. The number of hydrogen-bond acceptors (Lipinski definition) is 4. The van der Waals surface area contributed by atoms with Crippen LogP contribution in [0.4, 0.5) is 8.78 Å². The van der Waals surface area contributed by atoms with Gasteiger partial charge in [0.15, 0.2) is 11.6 Å². The van der Waals surface area contributed by atoms with Gasteiger partial charge in [0, 0.05) is 36.4 Å². The zero-order valence-corrected chi connectivity index (χ0v) is 18.3.